The molecule has 0 saturated carbocycles. The van der Waals surface area contributed by atoms with E-state index in [1.165, 1.54) is 4.90 Å². The fourth-order valence-electron chi connectivity index (χ4n) is 2.20. The standard InChI is InChI=1S/C13H12BrF4NO/c14-6-8-3-4-19(7-8)12(20)9-1-2-11(15)10(5-9)13(16,17)18/h1-2,5,8H,3-4,6-7H2. The maximum absolute atomic E-state index is 13.2. The maximum Gasteiger partial charge on any atom is 0.419 e. The van der Waals surface area contributed by atoms with Gasteiger partial charge in [0.15, 0.2) is 0 Å². The first-order valence-electron chi connectivity index (χ1n) is 6.05. The Labute approximate surface area is 121 Å². The maximum atomic E-state index is 13.2. The third kappa shape index (κ3) is 3.13. The van der Waals surface area contributed by atoms with E-state index in [-0.39, 0.29) is 5.56 Å². The van der Waals surface area contributed by atoms with Crippen LogP contribution in [0.15, 0.2) is 18.2 Å². The van der Waals surface area contributed by atoms with Crippen molar-refractivity contribution in [3.63, 3.8) is 0 Å². The highest BCUT2D eigenvalue weighted by Gasteiger charge is 2.35. The van der Waals surface area contributed by atoms with Gasteiger partial charge in [0.05, 0.1) is 5.56 Å². The fourth-order valence-corrected chi connectivity index (χ4v) is 2.73. The zero-order valence-electron chi connectivity index (χ0n) is 10.4. The fraction of sp³-hybridized carbons (Fsp3) is 0.462. The SMILES string of the molecule is O=C(c1ccc(F)c(C(F)(F)F)c1)N1CCC(CBr)C1. The molecule has 0 aromatic heterocycles. The third-order valence-corrected chi connectivity index (χ3v) is 4.23. The minimum absolute atomic E-state index is 0.131. The Balaban J connectivity index is 2.23. The first kappa shape index (κ1) is 15.3. The van der Waals surface area contributed by atoms with Crippen LogP contribution in [-0.2, 0) is 6.18 Å². The molecule has 0 bridgehead atoms. The number of nitrogens with zero attached hydrogens (tertiary/aromatic N) is 1. The molecule has 1 unspecified atom stereocenters. The monoisotopic (exact) mass is 353 g/mol. The molecule has 0 N–H and O–H groups in total. The van der Waals surface area contributed by atoms with Crippen molar-refractivity contribution in [1.82, 2.24) is 4.90 Å². The molecule has 0 radical (unpaired) electrons. The molecule has 2 nitrogen and oxygen atoms in total. The van der Waals surface area contributed by atoms with E-state index in [9.17, 15) is 22.4 Å². The van der Waals surface area contributed by atoms with Gasteiger partial charge in [-0.1, -0.05) is 15.9 Å². The van der Waals surface area contributed by atoms with E-state index in [0.717, 1.165) is 17.8 Å². The number of carbonyl (C=O) groups excluding carboxylic acids is 1. The Morgan fingerprint density at radius 3 is 2.65 bits per heavy atom. The third-order valence-electron chi connectivity index (χ3n) is 3.31. The summed E-state index contributed by atoms with van der Waals surface area (Å²) in [5.41, 5.74) is -1.53. The number of halogens is 5. The van der Waals surface area contributed by atoms with E-state index in [4.69, 9.17) is 0 Å². The summed E-state index contributed by atoms with van der Waals surface area (Å²) < 4.78 is 51.0. The van der Waals surface area contributed by atoms with Crippen molar-refractivity contribution in [2.75, 3.05) is 18.4 Å². The molecule has 1 saturated heterocycles. The largest absolute Gasteiger partial charge is 0.419 e. The summed E-state index contributed by atoms with van der Waals surface area (Å²) >= 11 is 3.32. The highest BCUT2D eigenvalue weighted by Crippen LogP contribution is 2.32. The molecule has 0 spiro atoms. The molecular weight excluding hydrogens is 342 g/mol. The molecule has 1 amide bonds. The summed E-state index contributed by atoms with van der Waals surface area (Å²) in [6.07, 6.45) is -3.99. The minimum atomic E-state index is -4.80. The van der Waals surface area contributed by atoms with Gasteiger partial charge in [0, 0.05) is 24.0 Å². The van der Waals surface area contributed by atoms with Crippen molar-refractivity contribution < 1.29 is 22.4 Å². The van der Waals surface area contributed by atoms with Crippen molar-refractivity contribution in [3.8, 4) is 0 Å². The van der Waals surface area contributed by atoms with Crippen LogP contribution in [0.4, 0.5) is 17.6 Å². The van der Waals surface area contributed by atoms with E-state index in [1.54, 1.807) is 0 Å². The summed E-state index contributed by atoms with van der Waals surface area (Å²) in [5.74, 6) is -1.55. The molecule has 1 aromatic carbocycles. The average Bonchev–Trinajstić information content (AvgIpc) is 2.86. The molecule has 20 heavy (non-hydrogen) atoms. The smallest absolute Gasteiger partial charge is 0.338 e. The Morgan fingerprint density at radius 2 is 2.10 bits per heavy atom. The van der Waals surface area contributed by atoms with Crippen LogP contribution in [0.25, 0.3) is 0 Å². The number of rotatable bonds is 2. The number of likely N-dealkylation sites (tertiary alicyclic amines) is 1. The second kappa shape index (κ2) is 5.71. The molecule has 1 aliphatic heterocycles. The van der Waals surface area contributed by atoms with E-state index >= 15 is 0 Å². The van der Waals surface area contributed by atoms with Gasteiger partial charge in [0.25, 0.3) is 5.91 Å². The van der Waals surface area contributed by atoms with Gasteiger partial charge in [-0.25, -0.2) is 4.39 Å². The summed E-state index contributed by atoms with van der Waals surface area (Å²) in [4.78, 5) is 13.6. The van der Waals surface area contributed by atoms with Crippen LogP contribution in [0.5, 0.6) is 0 Å². The Hall–Kier alpha value is -1.11. The molecule has 7 heteroatoms. The highest BCUT2D eigenvalue weighted by molar-refractivity contribution is 9.09. The van der Waals surface area contributed by atoms with Crippen LogP contribution in [-0.4, -0.2) is 29.2 Å². The molecule has 2 rings (SSSR count). The lowest BCUT2D eigenvalue weighted by Gasteiger charge is -2.17. The lowest BCUT2D eigenvalue weighted by atomic mass is 10.1. The van der Waals surface area contributed by atoms with Gasteiger partial charge >= 0.3 is 6.18 Å². The Kier molecular flexibility index (Phi) is 4.36. The predicted molar refractivity (Wildman–Crippen MR) is 69.2 cm³/mol. The van der Waals surface area contributed by atoms with Crippen molar-refractivity contribution in [1.29, 1.82) is 0 Å². The van der Waals surface area contributed by atoms with Crippen molar-refractivity contribution in [2.45, 2.75) is 12.6 Å². The van der Waals surface area contributed by atoms with Gasteiger partial charge in [0.2, 0.25) is 0 Å². The van der Waals surface area contributed by atoms with Crippen LogP contribution in [0.1, 0.15) is 22.3 Å². The number of amides is 1. The lowest BCUT2D eigenvalue weighted by molar-refractivity contribution is -0.140. The normalized spacial score (nSPS) is 19.4. The van der Waals surface area contributed by atoms with Crippen molar-refractivity contribution in [3.05, 3.63) is 35.1 Å². The zero-order valence-corrected chi connectivity index (χ0v) is 12.0. The molecule has 110 valence electrons. The number of alkyl halides is 4. The summed E-state index contributed by atoms with van der Waals surface area (Å²) in [6.45, 7) is 1.01. The van der Waals surface area contributed by atoms with Gasteiger partial charge < -0.3 is 4.90 Å². The molecule has 1 atom stereocenters. The second-order valence-corrected chi connectivity index (χ2v) is 5.40. The summed E-state index contributed by atoms with van der Waals surface area (Å²) in [6, 6.07) is 2.36. The summed E-state index contributed by atoms with van der Waals surface area (Å²) in [7, 11) is 0. The summed E-state index contributed by atoms with van der Waals surface area (Å²) in [5, 5.41) is 0.744. The topological polar surface area (TPSA) is 20.3 Å². The Morgan fingerprint density at radius 1 is 1.40 bits per heavy atom. The van der Waals surface area contributed by atoms with Gasteiger partial charge in [-0.2, -0.15) is 13.2 Å². The van der Waals surface area contributed by atoms with E-state index < -0.39 is 23.5 Å². The molecule has 1 heterocycles. The van der Waals surface area contributed by atoms with Gasteiger partial charge in [-0.3, -0.25) is 4.79 Å². The lowest BCUT2D eigenvalue weighted by Crippen LogP contribution is -2.29. The van der Waals surface area contributed by atoms with Gasteiger partial charge in [-0.15, -0.1) is 0 Å². The van der Waals surface area contributed by atoms with Gasteiger partial charge in [-0.05, 0) is 30.5 Å². The first-order chi connectivity index (χ1) is 9.32. The van der Waals surface area contributed by atoms with Crippen LogP contribution >= 0.6 is 15.9 Å². The number of hydrogen-bond acceptors (Lipinski definition) is 1. The van der Waals surface area contributed by atoms with Crippen LogP contribution in [0, 0.1) is 11.7 Å². The first-order valence-corrected chi connectivity index (χ1v) is 7.17. The van der Waals surface area contributed by atoms with Crippen LogP contribution in [0.2, 0.25) is 0 Å². The number of benzene rings is 1. The Bertz CT molecular complexity index is 518. The quantitative estimate of drug-likeness (QED) is 0.586. The number of hydrogen-bond donors (Lipinski definition) is 0. The average molecular weight is 354 g/mol. The van der Waals surface area contributed by atoms with Crippen LogP contribution in [0.3, 0.4) is 0 Å². The molecule has 1 fully saturated rings. The molecule has 1 aliphatic rings. The van der Waals surface area contributed by atoms with E-state index in [1.807, 2.05) is 0 Å². The predicted octanol–water partition coefficient (Wildman–Crippen LogP) is 3.70. The van der Waals surface area contributed by atoms with E-state index in [0.29, 0.717) is 31.1 Å². The van der Waals surface area contributed by atoms with Crippen molar-refractivity contribution >= 4 is 21.8 Å². The van der Waals surface area contributed by atoms with Gasteiger partial charge in [0.1, 0.15) is 5.82 Å². The molecule has 0 aliphatic carbocycles. The van der Waals surface area contributed by atoms with E-state index in [2.05, 4.69) is 15.9 Å². The number of carbonyl (C=O) groups is 1. The minimum Gasteiger partial charge on any atom is -0.338 e. The zero-order chi connectivity index (χ0) is 14.9. The highest BCUT2D eigenvalue weighted by atomic mass is 79.9. The second-order valence-electron chi connectivity index (χ2n) is 4.75. The van der Waals surface area contributed by atoms with Crippen molar-refractivity contribution in [2.24, 2.45) is 5.92 Å². The van der Waals surface area contributed by atoms with Crippen LogP contribution < -0.4 is 0 Å². The molecule has 1 aromatic rings. The molecular formula is C13H12BrF4NO.